The zero-order valence-corrected chi connectivity index (χ0v) is 12.1. The second kappa shape index (κ2) is 5.20. The molecule has 0 amide bonds. The molecule has 4 nitrogen and oxygen atoms in total. The van der Waals surface area contributed by atoms with Gasteiger partial charge in [-0.3, -0.25) is 0 Å². The molecule has 0 spiro atoms. The summed E-state index contributed by atoms with van der Waals surface area (Å²) in [7, 11) is 0. The third-order valence-electron chi connectivity index (χ3n) is 2.57. The van der Waals surface area contributed by atoms with E-state index in [0.29, 0.717) is 15.1 Å². The van der Waals surface area contributed by atoms with Gasteiger partial charge in [-0.05, 0) is 52.9 Å². The van der Waals surface area contributed by atoms with Crippen molar-refractivity contribution in [2.45, 2.75) is 0 Å². The molecule has 0 N–H and O–H groups in total. The Hall–Kier alpha value is -1.96. The van der Waals surface area contributed by atoms with Crippen LogP contribution in [0.5, 0.6) is 0 Å². The average molecular weight is 383 g/mol. The van der Waals surface area contributed by atoms with Gasteiger partial charge in [0.15, 0.2) is 9.46 Å². The fraction of sp³-hybridized carbons (Fsp3) is 0. The van der Waals surface area contributed by atoms with Crippen molar-refractivity contribution < 1.29 is 18.3 Å². The van der Waals surface area contributed by atoms with E-state index < -0.39 is 11.8 Å². The number of benzene rings is 1. The lowest BCUT2D eigenvalue weighted by atomic mass is 10.2. The van der Waals surface area contributed by atoms with Crippen LogP contribution in [0.3, 0.4) is 0 Å². The number of carbonyl (C=O) groups excluding carboxylic acids is 1. The van der Waals surface area contributed by atoms with Gasteiger partial charge in [0.05, 0.1) is 0 Å². The topological polar surface area (TPSA) is 51.8 Å². The molecule has 0 atom stereocenters. The normalized spacial score (nSPS) is 16.4. The Kier molecular flexibility index (Phi) is 3.39. The Labute approximate surface area is 127 Å². The highest BCUT2D eigenvalue weighted by molar-refractivity contribution is 14.1. The highest BCUT2D eigenvalue weighted by atomic mass is 127. The molecule has 0 fully saturated rings. The summed E-state index contributed by atoms with van der Waals surface area (Å²) in [4.78, 5) is 15.8. The number of esters is 1. The monoisotopic (exact) mass is 383 g/mol. The van der Waals surface area contributed by atoms with Gasteiger partial charge in [0.2, 0.25) is 5.90 Å². The first-order valence-electron chi connectivity index (χ1n) is 5.66. The van der Waals surface area contributed by atoms with Crippen molar-refractivity contribution in [2.75, 3.05) is 0 Å². The van der Waals surface area contributed by atoms with Crippen LogP contribution in [-0.4, -0.2) is 11.9 Å². The molecule has 1 aliphatic rings. The lowest BCUT2D eigenvalue weighted by molar-refractivity contribution is -0.129. The summed E-state index contributed by atoms with van der Waals surface area (Å²) in [6, 6.07) is 9.20. The Morgan fingerprint density at radius 2 is 2.10 bits per heavy atom. The number of halogens is 2. The van der Waals surface area contributed by atoms with Gasteiger partial charge in [-0.25, -0.2) is 14.2 Å². The minimum Gasteiger partial charge on any atom is -0.451 e. The molecular formula is C14H7FINO3. The van der Waals surface area contributed by atoms with E-state index in [2.05, 4.69) is 4.99 Å². The number of ether oxygens (including phenoxy) is 1. The van der Waals surface area contributed by atoms with Crippen molar-refractivity contribution in [2.24, 2.45) is 4.99 Å². The summed E-state index contributed by atoms with van der Waals surface area (Å²) in [5.74, 6) is -0.414. The van der Waals surface area contributed by atoms with Gasteiger partial charge < -0.3 is 9.15 Å². The van der Waals surface area contributed by atoms with Crippen LogP contribution in [0.1, 0.15) is 11.3 Å². The van der Waals surface area contributed by atoms with E-state index in [9.17, 15) is 9.18 Å². The minimum atomic E-state index is -0.587. The van der Waals surface area contributed by atoms with Crippen LogP contribution in [0.15, 0.2) is 51.5 Å². The van der Waals surface area contributed by atoms with Crippen LogP contribution in [0.4, 0.5) is 4.39 Å². The highest BCUT2D eigenvalue weighted by Crippen LogP contribution is 2.20. The molecule has 2 heterocycles. The van der Waals surface area contributed by atoms with E-state index in [1.807, 2.05) is 22.6 Å². The second-order valence-electron chi connectivity index (χ2n) is 3.99. The van der Waals surface area contributed by atoms with Gasteiger partial charge >= 0.3 is 5.97 Å². The molecule has 1 aromatic heterocycles. The molecule has 0 saturated carbocycles. The zero-order chi connectivity index (χ0) is 14.1. The van der Waals surface area contributed by atoms with E-state index in [4.69, 9.17) is 9.15 Å². The number of hydrogen-bond donors (Lipinski definition) is 0. The quantitative estimate of drug-likeness (QED) is 0.454. The molecule has 2 aromatic rings. The van der Waals surface area contributed by atoms with E-state index in [0.717, 1.165) is 0 Å². The van der Waals surface area contributed by atoms with Crippen LogP contribution >= 0.6 is 22.6 Å². The largest absolute Gasteiger partial charge is 0.451 e. The lowest BCUT2D eigenvalue weighted by Gasteiger charge is -1.98. The number of rotatable bonds is 2. The average Bonchev–Trinajstić information content (AvgIpc) is 2.97. The molecular weight excluding hydrogens is 376 g/mol. The Morgan fingerprint density at radius 3 is 2.80 bits per heavy atom. The first kappa shape index (κ1) is 13.0. The second-order valence-corrected chi connectivity index (χ2v) is 5.05. The summed E-state index contributed by atoms with van der Waals surface area (Å²) in [6.45, 7) is 0. The van der Waals surface area contributed by atoms with Gasteiger partial charge in [0.25, 0.3) is 0 Å². The maximum Gasteiger partial charge on any atom is 0.363 e. The molecule has 0 aliphatic carbocycles. The minimum absolute atomic E-state index is 0.0852. The maximum absolute atomic E-state index is 13.1. The Morgan fingerprint density at radius 1 is 1.25 bits per heavy atom. The SMILES string of the molecule is O=C1OC(c2cccc(F)c2)=N/C1=C\c1ccc(I)o1. The van der Waals surface area contributed by atoms with Crippen molar-refractivity contribution in [3.8, 4) is 0 Å². The summed E-state index contributed by atoms with van der Waals surface area (Å²) in [5, 5.41) is 0. The Bertz CT molecular complexity index is 748. The van der Waals surface area contributed by atoms with Gasteiger partial charge in [0.1, 0.15) is 11.6 Å². The summed E-state index contributed by atoms with van der Waals surface area (Å²) < 4.78 is 24.2. The van der Waals surface area contributed by atoms with E-state index >= 15 is 0 Å². The van der Waals surface area contributed by atoms with Gasteiger partial charge in [0, 0.05) is 11.6 Å². The number of carbonyl (C=O) groups is 1. The summed E-state index contributed by atoms with van der Waals surface area (Å²) in [6.07, 6.45) is 1.48. The molecule has 0 bridgehead atoms. The van der Waals surface area contributed by atoms with Crippen LogP contribution in [0, 0.1) is 9.58 Å². The lowest BCUT2D eigenvalue weighted by Crippen LogP contribution is -2.05. The standard InChI is InChI=1S/C14H7FINO3/c15-9-3-1-2-8(6-9)13-17-11(14(18)20-13)7-10-4-5-12(16)19-10/h1-7H/b11-7-. The van der Waals surface area contributed by atoms with Crippen molar-refractivity contribution in [1.29, 1.82) is 0 Å². The number of cyclic esters (lactones) is 1. The maximum atomic E-state index is 13.1. The number of nitrogens with zero attached hydrogens (tertiary/aromatic N) is 1. The van der Waals surface area contributed by atoms with Crippen LogP contribution in [0.2, 0.25) is 0 Å². The zero-order valence-electron chi connectivity index (χ0n) is 9.97. The molecule has 20 heavy (non-hydrogen) atoms. The smallest absolute Gasteiger partial charge is 0.363 e. The fourth-order valence-corrected chi connectivity index (χ4v) is 2.13. The van der Waals surface area contributed by atoms with Crippen molar-refractivity contribution in [3.05, 3.63) is 63.0 Å². The number of furan rings is 1. The van der Waals surface area contributed by atoms with E-state index in [1.165, 1.54) is 24.3 Å². The highest BCUT2D eigenvalue weighted by Gasteiger charge is 2.24. The van der Waals surface area contributed by atoms with Gasteiger partial charge in [-0.1, -0.05) is 6.07 Å². The third kappa shape index (κ3) is 2.64. The summed E-state index contributed by atoms with van der Waals surface area (Å²) in [5.41, 5.74) is 0.533. The molecule has 0 unspecified atom stereocenters. The molecule has 0 saturated heterocycles. The summed E-state index contributed by atoms with van der Waals surface area (Å²) >= 11 is 2.02. The third-order valence-corrected chi connectivity index (χ3v) is 3.14. The van der Waals surface area contributed by atoms with Crippen LogP contribution in [-0.2, 0) is 9.53 Å². The predicted molar refractivity (Wildman–Crippen MR) is 78.4 cm³/mol. The van der Waals surface area contributed by atoms with Crippen molar-refractivity contribution >= 4 is 40.5 Å². The van der Waals surface area contributed by atoms with Crippen molar-refractivity contribution in [1.82, 2.24) is 0 Å². The number of aliphatic imine (C=N–C) groups is 1. The van der Waals surface area contributed by atoms with Gasteiger partial charge in [-0.15, -0.1) is 0 Å². The van der Waals surface area contributed by atoms with Crippen molar-refractivity contribution in [3.63, 3.8) is 0 Å². The first-order valence-corrected chi connectivity index (χ1v) is 6.73. The molecule has 6 heteroatoms. The van der Waals surface area contributed by atoms with E-state index in [-0.39, 0.29) is 11.6 Å². The molecule has 1 aliphatic heterocycles. The van der Waals surface area contributed by atoms with E-state index in [1.54, 1.807) is 18.2 Å². The first-order chi connectivity index (χ1) is 9.61. The van der Waals surface area contributed by atoms with Gasteiger partial charge in [-0.2, -0.15) is 0 Å². The predicted octanol–water partition coefficient (Wildman–Crippen LogP) is 3.37. The molecule has 100 valence electrons. The molecule has 0 radical (unpaired) electrons. The van der Waals surface area contributed by atoms with Crippen LogP contribution < -0.4 is 0 Å². The van der Waals surface area contributed by atoms with Crippen LogP contribution in [0.25, 0.3) is 6.08 Å². The molecule has 3 rings (SSSR count). The number of hydrogen-bond acceptors (Lipinski definition) is 4. The fourth-order valence-electron chi connectivity index (χ4n) is 1.69. The molecule has 1 aromatic carbocycles. The Balaban J connectivity index is 1.94.